The minimum Gasteiger partial charge on any atom is -0.496 e. The van der Waals surface area contributed by atoms with Gasteiger partial charge in [0.2, 0.25) is 0 Å². The van der Waals surface area contributed by atoms with Crippen LogP contribution >= 0.6 is 0 Å². The molecule has 1 N–H and O–H groups in total. The second kappa shape index (κ2) is 6.76. The van der Waals surface area contributed by atoms with Crippen LogP contribution in [0, 0.1) is 0 Å². The summed E-state index contributed by atoms with van der Waals surface area (Å²) < 4.78 is 5.38. The van der Waals surface area contributed by atoms with Gasteiger partial charge in [0.05, 0.1) is 7.11 Å². The van der Waals surface area contributed by atoms with Crippen LogP contribution in [0.15, 0.2) is 24.3 Å². The molecule has 0 radical (unpaired) electrons. The van der Waals surface area contributed by atoms with E-state index in [1.54, 1.807) is 7.11 Å². The van der Waals surface area contributed by atoms with Gasteiger partial charge in [-0.1, -0.05) is 25.1 Å². The first-order valence-electron chi connectivity index (χ1n) is 6.91. The standard InChI is InChI=1S/C15H24N2O/c1-3-17-10-6-8-14(12-17)16-11-13-7-4-5-9-15(13)18-2/h4-5,7,9,14,16H,3,6,8,10-12H2,1-2H3. The van der Waals surface area contributed by atoms with Crippen molar-refractivity contribution >= 4 is 0 Å². The molecule has 1 unspecified atom stereocenters. The fraction of sp³-hybridized carbons (Fsp3) is 0.600. The molecule has 0 saturated carbocycles. The molecule has 1 aromatic carbocycles. The number of piperidine rings is 1. The quantitative estimate of drug-likeness (QED) is 0.865. The van der Waals surface area contributed by atoms with Crippen LogP contribution < -0.4 is 10.1 Å². The van der Waals surface area contributed by atoms with Gasteiger partial charge in [0.1, 0.15) is 5.75 Å². The van der Waals surface area contributed by atoms with Crippen LogP contribution in [0.2, 0.25) is 0 Å². The predicted molar refractivity (Wildman–Crippen MR) is 75.0 cm³/mol. The van der Waals surface area contributed by atoms with Crippen molar-refractivity contribution < 1.29 is 4.74 Å². The van der Waals surface area contributed by atoms with Crippen LogP contribution in [0.1, 0.15) is 25.3 Å². The third-order valence-electron chi connectivity index (χ3n) is 3.73. The molecule has 0 amide bonds. The Morgan fingerprint density at radius 3 is 3.00 bits per heavy atom. The molecule has 3 nitrogen and oxygen atoms in total. The van der Waals surface area contributed by atoms with E-state index >= 15 is 0 Å². The molecule has 100 valence electrons. The van der Waals surface area contributed by atoms with Crippen LogP contribution in [0.5, 0.6) is 5.75 Å². The van der Waals surface area contributed by atoms with Gasteiger partial charge in [-0.05, 0) is 32.0 Å². The molecule has 1 aliphatic rings. The number of rotatable bonds is 5. The van der Waals surface area contributed by atoms with Gasteiger partial charge in [0.25, 0.3) is 0 Å². The molecule has 3 heteroatoms. The largest absolute Gasteiger partial charge is 0.496 e. The summed E-state index contributed by atoms with van der Waals surface area (Å²) in [5.74, 6) is 0.980. The predicted octanol–water partition coefficient (Wildman–Crippen LogP) is 2.27. The van der Waals surface area contributed by atoms with Crippen LogP contribution in [0.3, 0.4) is 0 Å². The molecule has 1 heterocycles. The molecule has 18 heavy (non-hydrogen) atoms. The Morgan fingerprint density at radius 1 is 1.39 bits per heavy atom. The second-order valence-electron chi connectivity index (χ2n) is 4.93. The fourth-order valence-corrected chi connectivity index (χ4v) is 2.61. The Morgan fingerprint density at radius 2 is 2.22 bits per heavy atom. The first-order chi connectivity index (χ1) is 8.83. The molecular formula is C15H24N2O. The van der Waals surface area contributed by atoms with Crippen LogP contribution in [0.25, 0.3) is 0 Å². The average Bonchev–Trinajstić information content (AvgIpc) is 2.45. The van der Waals surface area contributed by atoms with Crippen molar-refractivity contribution in [3.8, 4) is 5.75 Å². The van der Waals surface area contributed by atoms with E-state index in [0.717, 1.165) is 18.8 Å². The van der Waals surface area contributed by atoms with Crippen LogP contribution in [0.4, 0.5) is 0 Å². The molecule has 1 aromatic rings. The maximum atomic E-state index is 5.38. The SMILES string of the molecule is CCN1CCCC(NCc2ccccc2OC)C1. The Balaban J connectivity index is 1.87. The van der Waals surface area contributed by atoms with Crippen molar-refractivity contribution in [2.24, 2.45) is 0 Å². The van der Waals surface area contributed by atoms with E-state index in [9.17, 15) is 0 Å². The number of para-hydroxylation sites is 1. The highest BCUT2D eigenvalue weighted by Crippen LogP contribution is 2.18. The van der Waals surface area contributed by atoms with E-state index in [1.165, 1.54) is 31.5 Å². The average molecular weight is 248 g/mol. The molecular weight excluding hydrogens is 224 g/mol. The topological polar surface area (TPSA) is 24.5 Å². The molecule has 1 fully saturated rings. The van der Waals surface area contributed by atoms with E-state index in [4.69, 9.17) is 4.74 Å². The van der Waals surface area contributed by atoms with Gasteiger partial charge in [-0.2, -0.15) is 0 Å². The summed E-state index contributed by atoms with van der Waals surface area (Å²) in [6.45, 7) is 6.72. The Kier molecular flexibility index (Phi) is 5.02. The highest BCUT2D eigenvalue weighted by Gasteiger charge is 2.18. The Labute approximate surface area is 110 Å². The van der Waals surface area contributed by atoms with Gasteiger partial charge in [0.15, 0.2) is 0 Å². The fourth-order valence-electron chi connectivity index (χ4n) is 2.61. The third-order valence-corrected chi connectivity index (χ3v) is 3.73. The number of hydrogen-bond acceptors (Lipinski definition) is 3. The van der Waals surface area contributed by atoms with Crippen molar-refractivity contribution in [2.75, 3.05) is 26.7 Å². The summed E-state index contributed by atoms with van der Waals surface area (Å²) >= 11 is 0. The van der Waals surface area contributed by atoms with Crippen molar-refractivity contribution in [1.82, 2.24) is 10.2 Å². The number of nitrogens with one attached hydrogen (secondary N) is 1. The summed E-state index contributed by atoms with van der Waals surface area (Å²) in [5.41, 5.74) is 1.24. The van der Waals surface area contributed by atoms with Crippen molar-refractivity contribution in [3.05, 3.63) is 29.8 Å². The van der Waals surface area contributed by atoms with Crippen molar-refractivity contribution in [2.45, 2.75) is 32.4 Å². The third kappa shape index (κ3) is 3.47. The van der Waals surface area contributed by atoms with E-state index in [2.05, 4.69) is 29.3 Å². The number of hydrogen-bond donors (Lipinski definition) is 1. The van der Waals surface area contributed by atoms with Crippen LogP contribution in [-0.2, 0) is 6.54 Å². The summed E-state index contributed by atoms with van der Waals surface area (Å²) in [7, 11) is 1.73. The monoisotopic (exact) mass is 248 g/mol. The lowest BCUT2D eigenvalue weighted by atomic mass is 10.1. The van der Waals surface area contributed by atoms with E-state index < -0.39 is 0 Å². The molecule has 2 rings (SSSR count). The van der Waals surface area contributed by atoms with Gasteiger partial charge in [-0.15, -0.1) is 0 Å². The lowest BCUT2D eigenvalue weighted by Gasteiger charge is -2.32. The highest BCUT2D eigenvalue weighted by molar-refractivity contribution is 5.33. The highest BCUT2D eigenvalue weighted by atomic mass is 16.5. The number of benzene rings is 1. The zero-order valence-corrected chi connectivity index (χ0v) is 11.5. The molecule has 0 aromatic heterocycles. The van der Waals surface area contributed by atoms with Crippen molar-refractivity contribution in [1.29, 1.82) is 0 Å². The van der Waals surface area contributed by atoms with Crippen molar-refractivity contribution in [3.63, 3.8) is 0 Å². The summed E-state index contributed by atoms with van der Waals surface area (Å²) in [6, 6.07) is 8.85. The molecule has 0 spiro atoms. The number of nitrogens with zero attached hydrogens (tertiary/aromatic N) is 1. The normalized spacial score (nSPS) is 20.9. The summed E-state index contributed by atoms with van der Waals surface area (Å²) in [5, 5.41) is 3.66. The van der Waals surface area contributed by atoms with Gasteiger partial charge >= 0.3 is 0 Å². The number of methoxy groups -OCH3 is 1. The van der Waals surface area contributed by atoms with Gasteiger partial charge < -0.3 is 15.0 Å². The first-order valence-corrected chi connectivity index (χ1v) is 6.91. The molecule has 0 bridgehead atoms. The molecule has 1 aliphatic heterocycles. The lowest BCUT2D eigenvalue weighted by molar-refractivity contribution is 0.198. The maximum absolute atomic E-state index is 5.38. The zero-order chi connectivity index (χ0) is 12.8. The Hall–Kier alpha value is -1.06. The maximum Gasteiger partial charge on any atom is 0.123 e. The first kappa shape index (κ1) is 13.4. The van der Waals surface area contributed by atoms with E-state index in [-0.39, 0.29) is 0 Å². The van der Waals surface area contributed by atoms with Gasteiger partial charge in [0, 0.05) is 24.7 Å². The number of likely N-dealkylation sites (N-methyl/N-ethyl adjacent to an activating group) is 1. The zero-order valence-electron chi connectivity index (χ0n) is 11.5. The minimum absolute atomic E-state index is 0.614. The smallest absolute Gasteiger partial charge is 0.123 e. The molecule has 1 atom stereocenters. The number of likely N-dealkylation sites (tertiary alicyclic amines) is 1. The minimum atomic E-state index is 0.614. The van der Waals surface area contributed by atoms with E-state index in [0.29, 0.717) is 6.04 Å². The lowest BCUT2D eigenvalue weighted by Crippen LogP contribution is -2.45. The number of ether oxygens (including phenoxy) is 1. The van der Waals surface area contributed by atoms with E-state index in [1.807, 2.05) is 12.1 Å². The summed E-state index contributed by atoms with van der Waals surface area (Å²) in [6.07, 6.45) is 2.59. The second-order valence-corrected chi connectivity index (χ2v) is 4.93. The Bertz CT molecular complexity index is 367. The molecule has 0 aliphatic carbocycles. The molecule has 1 saturated heterocycles. The van der Waals surface area contributed by atoms with Gasteiger partial charge in [-0.25, -0.2) is 0 Å². The summed E-state index contributed by atoms with van der Waals surface area (Å²) in [4.78, 5) is 2.52. The van der Waals surface area contributed by atoms with Gasteiger partial charge in [-0.3, -0.25) is 0 Å². The van der Waals surface area contributed by atoms with Crippen LogP contribution in [-0.4, -0.2) is 37.7 Å².